The molecule has 0 radical (unpaired) electrons. The van der Waals surface area contributed by atoms with Crippen LogP contribution in [0.3, 0.4) is 0 Å². The third-order valence-corrected chi connectivity index (χ3v) is 6.03. The highest BCUT2D eigenvalue weighted by atomic mass is 16.6. The fraction of sp³-hybridized carbons (Fsp3) is 0.286. The van der Waals surface area contributed by atoms with Gasteiger partial charge in [-0.2, -0.15) is 0 Å². The second kappa shape index (κ2) is 10.2. The van der Waals surface area contributed by atoms with E-state index in [1.807, 2.05) is 91.0 Å². The molecule has 0 unspecified atom stereocenters. The molecule has 1 fully saturated rings. The normalized spacial score (nSPS) is 25.3. The van der Waals surface area contributed by atoms with Crippen LogP contribution >= 0.6 is 0 Å². The standard InChI is InChI=1S/C28H30O4/c1-2-27(29)21-28(25-16-10-5-11-17-25,22-30-18-23-12-6-3-7-13-23)32-20-26(27)31-19-24-14-8-4-9-15-24/h2-17,26,29H,1,18-22H2/t26-,27+,28-/m0/s1. The van der Waals surface area contributed by atoms with Crippen LogP contribution in [-0.4, -0.2) is 30.0 Å². The zero-order chi connectivity index (χ0) is 22.3. The van der Waals surface area contributed by atoms with Crippen LogP contribution in [0.15, 0.2) is 104 Å². The average Bonchev–Trinajstić information content (AvgIpc) is 2.85. The molecular formula is C28H30O4. The lowest BCUT2D eigenvalue weighted by Gasteiger charge is -2.48. The highest BCUT2D eigenvalue weighted by Crippen LogP contribution is 2.42. The third kappa shape index (κ3) is 5.17. The monoisotopic (exact) mass is 430 g/mol. The summed E-state index contributed by atoms with van der Waals surface area (Å²) in [5, 5.41) is 11.6. The Bertz CT molecular complexity index is 976. The summed E-state index contributed by atoms with van der Waals surface area (Å²) in [5.41, 5.74) is 1.05. The molecule has 0 amide bonds. The van der Waals surface area contributed by atoms with Crippen molar-refractivity contribution in [1.82, 2.24) is 0 Å². The number of hydrogen-bond donors (Lipinski definition) is 1. The van der Waals surface area contributed by atoms with E-state index in [4.69, 9.17) is 14.2 Å². The molecule has 3 aromatic rings. The van der Waals surface area contributed by atoms with E-state index in [-0.39, 0.29) is 6.61 Å². The molecule has 0 aromatic heterocycles. The Morgan fingerprint density at radius 2 is 1.44 bits per heavy atom. The highest BCUT2D eigenvalue weighted by molar-refractivity contribution is 5.27. The third-order valence-electron chi connectivity index (χ3n) is 6.03. The largest absolute Gasteiger partial charge is 0.383 e. The summed E-state index contributed by atoms with van der Waals surface area (Å²) < 4.78 is 18.6. The van der Waals surface area contributed by atoms with Crippen LogP contribution in [-0.2, 0) is 33.0 Å². The first kappa shape index (κ1) is 22.4. The molecule has 3 atom stereocenters. The second-order valence-corrected chi connectivity index (χ2v) is 8.31. The first-order valence-corrected chi connectivity index (χ1v) is 11.0. The number of hydrogen-bond acceptors (Lipinski definition) is 4. The van der Waals surface area contributed by atoms with Crippen molar-refractivity contribution >= 4 is 0 Å². The van der Waals surface area contributed by atoms with E-state index in [0.717, 1.165) is 16.7 Å². The predicted molar refractivity (Wildman–Crippen MR) is 125 cm³/mol. The van der Waals surface area contributed by atoms with E-state index in [2.05, 4.69) is 6.58 Å². The van der Waals surface area contributed by atoms with E-state index in [9.17, 15) is 5.11 Å². The summed E-state index contributed by atoms with van der Waals surface area (Å²) in [7, 11) is 0. The lowest BCUT2D eigenvalue weighted by molar-refractivity contribution is -0.237. The van der Waals surface area contributed by atoms with Gasteiger partial charge in [0, 0.05) is 6.42 Å². The van der Waals surface area contributed by atoms with Gasteiger partial charge in [-0.25, -0.2) is 0 Å². The summed E-state index contributed by atoms with van der Waals surface area (Å²) in [6.45, 7) is 5.34. The Morgan fingerprint density at radius 3 is 2.03 bits per heavy atom. The fourth-order valence-electron chi connectivity index (χ4n) is 4.18. The molecule has 1 aliphatic rings. The minimum absolute atomic E-state index is 0.235. The van der Waals surface area contributed by atoms with Gasteiger partial charge >= 0.3 is 0 Å². The Hall–Kier alpha value is -2.76. The van der Waals surface area contributed by atoms with E-state index in [1.54, 1.807) is 6.08 Å². The molecule has 0 spiro atoms. The van der Waals surface area contributed by atoms with E-state index in [0.29, 0.717) is 26.2 Å². The number of ether oxygens (including phenoxy) is 3. The van der Waals surface area contributed by atoms with Gasteiger partial charge < -0.3 is 19.3 Å². The summed E-state index contributed by atoms with van der Waals surface area (Å²) in [6, 6.07) is 29.9. The number of rotatable bonds is 9. The Balaban J connectivity index is 1.51. The van der Waals surface area contributed by atoms with E-state index < -0.39 is 17.3 Å². The minimum atomic E-state index is -1.25. The van der Waals surface area contributed by atoms with Crippen LogP contribution in [0, 0.1) is 0 Å². The smallest absolute Gasteiger partial charge is 0.120 e. The molecule has 166 valence electrons. The quantitative estimate of drug-likeness (QED) is 0.484. The van der Waals surface area contributed by atoms with Crippen LogP contribution in [0.25, 0.3) is 0 Å². The first-order chi connectivity index (χ1) is 15.6. The summed E-state index contributed by atoms with van der Waals surface area (Å²) in [4.78, 5) is 0. The van der Waals surface area contributed by atoms with Gasteiger partial charge in [-0.15, -0.1) is 6.58 Å². The van der Waals surface area contributed by atoms with Crippen molar-refractivity contribution < 1.29 is 19.3 Å². The van der Waals surface area contributed by atoms with Crippen molar-refractivity contribution in [2.75, 3.05) is 13.2 Å². The van der Waals surface area contributed by atoms with Crippen molar-refractivity contribution in [3.05, 3.63) is 120 Å². The molecule has 4 nitrogen and oxygen atoms in total. The maximum atomic E-state index is 11.6. The average molecular weight is 431 g/mol. The second-order valence-electron chi connectivity index (χ2n) is 8.31. The van der Waals surface area contributed by atoms with Crippen molar-refractivity contribution in [3.63, 3.8) is 0 Å². The van der Waals surface area contributed by atoms with Crippen molar-refractivity contribution in [3.8, 4) is 0 Å². The van der Waals surface area contributed by atoms with Crippen LogP contribution in [0.1, 0.15) is 23.1 Å². The lowest BCUT2D eigenvalue weighted by atomic mass is 9.77. The maximum absolute atomic E-state index is 11.6. The van der Waals surface area contributed by atoms with Gasteiger partial charge in [0.1, 0.15) is 17.3 Å². The molecule has 4 heteroatoms. The molecule has 1 aliphatic heterocycles. The van der Waals surface area contributed by atoms with Crippen LogP contribution in [0.5, 0.6) is 0 Å². The summed E-state index contributed by atoms with van der Waals surface area (Å²) in [5.74, 6) is 0. The Morgan fingerprint density at radius 1 is 0.875 bits per heavy atom. The van der Waals surface area contributed by atoms with Gasteiger partial charge in [0.15, 0.2) is 0 Å². The predicted octanol–water partition coefficient (Wildman–Crippen LogP) is 5.02. The van der Waals surface area contributed by atoms with Gasteiger partial charge in [0.2, 0.25) is 0 Å². The first-order valence-electron chi connectivity index (χ1n) is 11.0. The van der Waals surface area contributed by atoms with Crippen molar-refractivity contribution in [2.24, 2.45) is 0 Å². The van der Waals surface area contributed by atoms with Crippen molar-refractivity contribution in [2.45, 2.75) is 36.9 Å². The van der Waals surface area contributed by atoms with Gasteiger partial charge in [0.05, 0.1) is 26.4 Å². The molecule has 0 aliphatic carbocycles. The van der Waals surface area contributed by atoms with Gasteiger partial charge in [-0.1, -0.05) is 97.1 Å². The molecule has 3 aromatic carbocycles. The maximum Gasteiger partial charge on any atom is 0.120 e. The summed E-state index contributed by atoms with van der Waals surface area (Å²) in [6.07, 6.45) is 1.35. The van der Waals surface area contributed by atoms with Crippen LogP contribution in [0.2, 0.25) is 0 Å². The zero-order valence-corrected chi connectivity index (χ0v) is 18.2. The molecule has 4 rings (SSSR count). The number of benzene rings is 3. The molecule has 1 heterocycles. The molecule has 0 saturated carbocycles. The van der Waals surface area contributed by atoms with Crippen molar-refractivity contribution in [1.29, 1.82) is 0 Å². The van der Waals surface area contributed by atoms with Gasteiger partial charge in [-0.05, 0) is 16.7 Å². The lowest BCUT2D eigenvalue weighted by Crippen LogP contribution is -2.57. The summed E-state index contributed by atoms with van der Waals surface area (Å²) >= 11 is 0. The Kier molecular flexibility index (Phi) is 7.18. The topological polar surface area (TPSA) is 47.9 Å². The molecule has 0 bridgehead atoms. The minimum Gasteiger partial charge on any atom is -0.383 e. The fourth-order valence-corrected chi connectivity index (χ4v) is 4.18. The van der Waals surface area contributed by atoms with Gasteiger partial charge in [-0.3, -0.25) is 0 Å². The van der Waals surface area contributed by atoms with Crippen LogP contribution < -0.4 is 0 Å². The molecular weight excluding hydrogens is 400 g/mol. The van der Waals surface area contributed by atoms with E-state index >= 15 is 0 Å². The van der Waals surface area contributed by atoms with E-state index in [1.165, 1.54) is 0 Å². The molecule has 1 saturated heterocycles. The number of aliphatic hydroxyl groups is 1. The molecule has 1 N–H and O–H groups in total. The highest BCUT2D eigenvalue weighted by Gasteiger charge is 2.50. The van der Waals surface area contributed by atoms with Crippen LogP contribution in [0.4, 0.5) is 0 Å². The molecule has 32 heavy (non-hydrogen) atoms. The van der Waals surface area contributed by atoms with Gasteiger partial charge in [0.25, 0.3) is 0 Å². The SMILES string of the molecule is C=C[C@@]1(O)C[C@](COCc2ccccc2)(c2ccccc2)OC[C@@H]1OCc1ccccc1. The zero-order valence-electron chi connectivity index (χ0n) is 18.2. The Labute approximate surface area is 190 Å².